The molecule has 0 aliphatic carbocycles. The summed E-state index contributed by atoms with van der Waals surface area (Å²) in [6, 6.07) is 14.7. The fourth-order valence-corrected chi connectivity index (χ4v) is 6.17. The summed E-state index contributed by atoms with van der Waals surface area (Å²) in [6.07, 6.45) is 9.29. The number of carbonyl (C=O) groups is 1. The van der Waals surface area contributed by atoms with Gasteiger partial charge in [0, 0.05) is 63.8 Å². The Hall–Kier alpha value is -4.53. The number of amides is 1. The number of terminal acetylenes is 1. The number of rotatable bonds is 16. The van der Waals surface area contributed by atoms with Gasteiger partial charge in [-0.15, -0.1) is 12.3 Å². The van der Waals surface area contributed by atoms with E-state index in [1.165, 1.54) is 5.56 Å². The maximum absolute atomic E-state index is 12.2. The van der Waals surface area contributed by atoms with Gasteiger partial charge in [0.25, 0.3) is 0 Å². The van der Waals surface area contributed by atoms with Crippen molar-refractivity contribution in [2.24, 2.45) is 10.2 Å². The molecule has 0 spiro atoms. The molecule has 0 unspecified atom stereocenters. The second-order valence-corrected chi connectivity index (χ2v) is 12.3. The summed E-state index contributed by atoms with van der Waals surface area (Å²) in [5.74, 6) is 5.24. The van der Waals surface area contributed by atoms with Crippen LogP contribution in [0, 0.1) is 26.2 Å². The molecule has 0 bridgehead atoms. The van der Waals surface area contributed by atoms with Crippen LogP contribution in [0.3, 0.4) is 0 Å². The van der Waals surface area contributed by atoms with E-state index in [0.717, 1.165) is 97.4 Å². The Bertz CT molecular complexity index is 1720. The molecule has 4 aromatic rings. The van der Waals surface area contributed by atoms with Gasteiger partial charge in [0.2, 0.25) is 5.91 Å². The second-order valence-electron chi connectivity index (χ2n) is 12.3. The van der Waals surface area contributed by atoms with Crippen molar-refractivity contribution in [1.29, 1.82) is 0 Å². The third kappa shape index (κ3) is 8.25. The first kappa shape index (κ1) is 32.4. The van der Waals surface area contributed by atoms with Gasteiger partial charge >= 0.3 is 0 Å². The summed E-state index contributed by atoms with van der Waals surface area (Å²) in [5, 5.41) is 15.2. The zero-order valence-electron chi connectivity index (χ0n) is 27.3. The van der Waals surface area contributed by atoms with E-state index in [-0.39, 0.29) is 5.91 Å². The van der Waals surface area contributed by atoms with E-state index in [1.54, 1.807) is 0 Å². The number of fused-ring (bicyclic) bond motifs is 1. The number of nitrogens with one attached hydrogen (secondary N) is 1. The quantitative estimate of drug-likeness (QED) is 0.131. The lowest BCUT2D eigenvalue weighted by molar-refractivity contribution is -0.121. The predicted molar refractivity (Wildman–Crippen MR) is 179 cm³/mol. The number of hydrogen-bond acceptors (Lipinski definition) is 9. The maximum Gasteiger partial charge on any atom is 0.220 e. The van der Waals surface area contributed by atoms with Crippen LogP contribution in [0.1, 0.15) is 48.5 Å². The van der Waals surface area contributed by atoms with Crippen LogP contribution >= 0.6 is 0 Å². The second kappa shape index (κ2) is 14.9. The molecule has 2 aromatic carbocycles. The molecule has 1 fully saturated rings. The minimum Gasteiger partial charge on any atom is -0.492 e. The Morgan fingerprint density at radius 3 is 2.60 bits per heavy atom. The molecule has 2 aliphatic heterocycles. The standard InChI is InChI=1S/C36H43N7O4/c1-4-5-15-36(40-41-36)16-14-34(44)37-17-22-46-30-10-6-28(7-11-30)8-13-33-38-31-25-29(35-26(2)39-47-27(35)3)9-12-32(31)43(33)19-18-42-20-23-45-24-21-42/h1,6-7,9-12,25H,5,8,13-24H2,2-3H3,(H,37,44). The molecular formula is C36H43N7O4. The molecule has 1 N–H and O–H groups in total. The van der Waals surface area contributed by atoms with Crippen LogP contribution in [0.2, 0.25) is 0 Å². The van der Waals surface area contributed by atoms with Crippen molar-refractivity contribution in [2.45, 2.75) is 64.6 Å². The third-order valence-corrected chi connectivity index (χ3v) is 8.95. The number of nitrogens with zero attached hydrogens (tertiary/aromatic N) is 6. The predicted octanol–water partition coefficient (Wildman–Crippen LogP) is 5.28. The Labute approximate surface area is 275 Å². The van der Waals surface area contributed by atoms with Crippen LogP contribution in [0.25, 0.3) is 22.2 Å². The van der Waals surface area contributed by atoms with Crippen LogP contribution in [-0.4, -0.2) is 77.2 Å². The number of ether oxygens (including phenoxy) is 2. The van der Waals surface area contributed by atoms with Crippen molar-refractivity contribution in [2.75, 3.05) is 46.0 Å². The van der Waals surface area contributed by atoms with Crippen molar-refractivity contribution >= 4 is 16.9 Å². The smallest absolute Gasteiger partial charge is 0.220 e. The van der Waals surface area contributed by atoms with Gasteiger partial charge in [0.05, 0.1) is 36.5 Å². The molecule has 1 amide bonds. The fourth-order valence-electron chi connectivity index (χ4n) is 6.17. The van der Waals surface area contributed by atoms with E-state index >= 15 is 0 Å². The number of imidazole rings is 1. The highest BCUT2D eigenvalue weighted by atomic mass is 16.5. The van der Waals surface area contributed by atoms with E-state index in [9.17, 15) is 4.79 Å². The Kier molecular flexibility index (Phi) is 10.3. The SMILES string of the molecule is C#CCCC1(CCC(=O)NCCOc2ccc(CCc3nc4cc(-c5c(C)noc5C)ccc4n3CCN3CCOCC3)cc2)N=N1. The number of morpholine rings is 1. The van der Waals surface area contributed by atoms with Crippen molar-refractivity contribution in [3.8, 4) is 29.2 Å². The average Bonchev–Trinajstić information content (AvgIpc) is 3.67. The van der Waals surface area contributed by atoms with Crippen LogP contribution < -0.4 is 10.1 Å². The molecule has 4 heterocycles. The molecule has 0 saturated carbocycles. The molecule has 1 saturated heterocycles. The molecule has 2 aliphatic rings. The minimum absolute atomic E-state index is 0.0303. The topological polar surface area (TPSA) is 119 Å². The monoisotopic (exact) mass is 637 g/mol. The minimum atomic E-state index is -0.433. The highest BCUT2D eigenvalue weighted by Gasteiger charge is 2.39. The van der Waals surface area contributed by atoms with E-state index < -0.39 is 5.66 Å². The molecule has 0 radical (unpaired) electrons. The zero-order valence-corrected chi connectivity index (χ0v) is 27.3. The van der Waals surface area contributed by atoms with Gasteiger partial charge < -0.3 is 23.9 Å². The molecule has 2 aromatic heterocycles. The summed E-state index contributed by atoms with van der Waals surface area (Å²) in [6.45, 7) is 10.1. The van der Waals surface area contributed by atoms with Gasteiger partial charge in [-0.2, -0.15) is 10.2 Å². The zero-order chi connectivity index (χ0) is 32.6. The first-order valence-corrected chi connectivity index (χ1v) is 16.5. The summed E-state index contributed by atoms with van der Waals surface area (Å²) >= 11 is 0. The van der Waals surface area contributed by atoms with Gasteiger partial charge in [0.15, 0.2) is 5.66 Å². The van der Waals surface area contributed by atoms with Crippen molar-refractivity contribution in [3.05, 3.63) is 65.3 Å². The fraction of sp³-hybridized carbons (Fsp3) is 0.472. The molecular weight excluding hydrogens is 594 g/mol. The van der Waals surface area contributed by atoms with E-state index in [2.05, 4.69) is 66.4 Å². The number of benzene rings is 2. The van der Waals surface area contributed by atoms with Crippen LogP contribution in [0.4, 0.5) is 0 Å². The number of carbonyl (C=O) groups excluding carboxylic acids is 1. The van der Waals surface area contributed by atoms with Gasteiger partial charge in [-0.3, -0.25) is 9.69 Å². The summed E-state index contributed by atoms with van der Waals surface area (Å²) in [4.78, 5) is 19.8. The van der Waals surface area contributed by atoms with Gasteiger partial charge in [-0.25, -0.2) is 4.98 Å². The third-order valence-electron chi connectivity index (χ3n) is 8.95. The largest absolute Gasteiger partial charge is 0.492 e. The van der Waals surface area contributed by atoms with Crippen molar-refractivity contribution < 1.29 is 18.8 Å². The lowest BCUT2D eigenvalue weighted by Crippen LogP contribution is -2.38. The highest BCUT2D eigenvalue weighted by Crippen LogP contribution is 2.37. The van der Waals surface area contributed by atoms with Gasteiger partial charge in [-0.05, 0) is 55.7 Å². The number of aryl methyl sites for hydroxylation is 4. The lowest BCUT2D eigenvalue weighted by atomic mass is 10.0. The normalized spacial score (nSPS) is 15.5. The van der Waals surface area contributed by atoms with E-state index in [4.69, 9.17) is 25.4 Å². The lowest BCUT2D eigenvalue weighted by Gasteiger charge is -2.27. The molecule has 11 nitrogen and oxygen atoms in total. The summed E-state index contributed by atoms with van der Waals surface area (Å²) in [5.41, 5.74) is 5.89. The van der Waals surface area contributed by atoms with Gasteiger partial charge in [-0.1, -0.05) is 23.4 Å². The van der Waals surface area contributed by atoms with E-state index in [1.807, 2.05) is 26.0 Å². The van der Waals surface area contributed by atoms with Gasteiger partial charge in [0.1, 0.15) is 23.9 Å². The van der Waals surface area contributed by atoms with Crippen LogP contribution in [0.5, 0.6) is 5.75 Å². The van der Waals surface area contributed by atoms with E-state index in [0.29, 0.717) is 38.8 Å². The average molecular weight is 638 g/mol. The first-order valence-electron chi connectivity index (χ1n) is 16.5. The Balaban J connectivity index is 1.03. The van der Waals surface area contributed by atoms with Crippen molar-refractivity contribution in [1.82, 2.24) is 24.9 Å². The molecule has 246 valence electrons. The molecule has 11 heteroatoms. The Morgan fingerprint density at radius 1 is 1.06 bits per heavy atom. The van der Waals surface area contributed by atoms with Crippen LogP contribution in [0.15, 0.2) is 57.2 Å². The summed E-state index contributed by atoms with van der Waals surface area (Å²) in [7, 11) is 0. The van der Waals surface area contributed by atoms with Crippen molar-refractivity contribution in [3.63, 3.8) is 0 Å². The molecule has 6 rings (SSSR count). The first-order chi connectivity index (χ1) is 22.9. The van der Waals surface area contributed by atoms with Crippen LogP contribution in [-0.2, 0) is 28.9 Å². The summed E-state index contributed by atoms with van der Waals surface area (Å²) < 4.78 is 19.2. The number of aromatic nitrogens is 3. The highest BCUT2D eigenvalue weighted by molar-refractivity contribution is 5.83. The molecule has 47 heavy (non-hydrogen) atoms. The number of hydrogen-bond donors (Lipinski definition) is 1. The molecule has 0 atom stereocenters. The maximum atomic E-state index is 12.2. The Morgan fingerprint density at radius 2 is 1.87 bits per heavy atom.